The number of amides is 2. The van der Waals surface area contributed by atoms with Gasteiger partial charge in [-0.1, -0.05) is 90.1 Å². The van der Waals surface area contributed by atoms with Crippen LogP contribution in [0.5, 0.6) is 0 Å². The predicted molar refractivity (Wildman–Crippen MR) is 165 cm³/mol. The van der Waals surface area contributed by atoms with Crippen molar-refractivity contribution >= 4 is 62.3 Å². The molecule has 0 saturated heterocycles. The Kier molecular flexibility index (Phi) is 10.6. The summed E-state index contributed by atoms with van der Waals surface area (Å²) in [6.07, 6.45) is 5.01. The average Bonchev–Trinajstić information content (AvgIpc) is 3.43. The van der Waals surface area contributed by atoms with Gasteiger partial charge in [-0.05, 0) is 48.7 Å². The maximum absolute atomic E-state index is 14.2. The number of nitrogens with zero attached hydrogens (tertiary/aromatic N) is 2. The van der Waals surface area contributed by atoms with E-state index in [0.717, 1.165) is 41.8 Å². The molecule has 1 N–H and O–H groups in total. The van der Waals surface area contributed by atoms with Crippen molar-refractivity contribution in [1.82, 2.24) is 10.2 Å². The minimum absolute atomic E-state index is 0.0144. The van der Waals surface area contributed by atoms with Gasteiger partial charge < -0.3 is 10.2 Å². The number of hydrogen-bond acceptors (Lipinski definition) is 4. The van der Waals surface area contributed by atoms with Gasteiger partial charge in [0.15, 0.2) is 0 Å². The normalized spacial score (nSPS) is 14.4. The van der Waals surface area contributed by atoms with Gasteiger partial charge in [-0.25, -0.2) is 8.42 Å². The molecule has 2 amide bonds. The Morgan fingerprint density at radius 2 is 1.56 bits per heavy atom. The van der Waals surface area contributed by atoms with E-state index in [4.69, 9.17) is 34.8 Å². The number of hydrogen-bond donors (Lipinski definition) is 1. The molecule has 1 saturated carbocycles. The topological polar surface area (TPSA) is 86.8 Å². The molecular formula is C30H32Cl3N3O4S. The molecule has 0 aliphatic heterocycles. The first-order valence-electron chi connectivity index (χ1n) is 13.3. The SMILES string of the molecule is CS(=O)(=O)N(CC(=O)N(Cc1c(Cl)cccc1Cl)[C@H](Cc1ccccc1)C(=O)NC1CCCC1)c1cccc(Cl)c1. The molecule has 0 aromatic heterocycles. The van der Waals surface area contributed by atoms with E-state index in [-0.39, 0.29) is 30.6 Å². The number of benzene rings is 3. The Bertz CT molecular complexity index is 1460. The van der Waals surface area contributed by atoms with Crippen molar-refractivity contribution in [3.63, 3.8) is 0 Å². The fourth-order valence-corrected chi connectivity index (χ4v) is 6.56. The van der Waals surface area contributed by atoms with Gasteiger partial charge >= 0.3 is 0 Å². The van der Waals surface area contributed by atoms with Crippen LogP contribution in [-0.2, 0) is 32.6 Å². The molecule has 0 bridgehead atoms. The van der Waals surface area contributed by atoms with Crippen molar-refractivity contribution in [2.24, 2.45) is 0 Å². The van der Waals surface area contributed by atoms with Crippen molar-refractivity contribution in [3.8, 4) is 0 Å². The number of anilines is 1. The van der Waals surface area contributed by atoms with E-state index in [9.17, 15) is 18.0 Å². The maximum Gasteiger partial charge on any atom is 0.244 e. The van der Waals surface area contributed by atoms with Crippen LogP contribution >= 0.6 is 34.8 Å². The number of halogens is 3. The van der Waals surface area contributed by atoms with Crippen LogP contribution in [0.1, 0.15) is 36.8 Å². The molecule has 1 aliphatic carbocycles. The second-order valence-electron chi connectivity index (χ2n) is 10.2. The molecule has 1 fully saturated rings. The highest BCUT2D eigenvalue weighted by molar-refractivity contribution is 7.92. The van der Waals surface area contributed by atoms with E-state index in [1.165, 1.54) is 11.0 Å². The van der Waals surface area contributed by atoms with E-state index in [1.54, 1.807) is 36.4 Å². The Morgan fingerprint density at radius 3 is 2.17 bits per heavy atom. The van der Waals surface area contributed by atoms with Gasteiger partial charge in [0, 0.05) is 39.6 Å². The maximum atomic E-state index is 14.2. The fourth-order valence-electron chi connectivity index (χ4n) is 5.02. The van der Waals surface area contributed by atoms with E-state index in [0.29, 0.717) is 20.6 Å². The summed E-state index contributed by atoms with van der Waals surface area (Å²) in [5.74, 6) is -0.903. The summed E-state index contributed by atoms with van der Waals surface area (Å²) in [5.41, 5.74) is 1.54. The number of carbonyl (C=O) groups excluding carboxylic acids is 2. The lowest BCUT2D eigenvalue weighted by Crippen LogP contribution is -2.54. The van der Waals surface area contributed by atoms with Crippen LogP contribution in [0.25, 0.3) is 0 Å². The monoisotopic (exact) mass is 635 g/mol. The van der Waals surface area contributed by atoms with Gasteiger partial charge in [-0.3, -0.25) is 13.9 Å². The van der Waals surface area contributed by atoms with Crippen LogP contribution in [-0.4, -0.2) is 50.0 Å². The van der Waals surface area contributed by atoms with Crippen molar-refractivity contribution in [2.75, 3.05) is 17.1 Å². The smallest absolute Gasteiger partial charge is 0.244 e. The summed E-state index contributed by atoms with van der Waals surface area (Å²) < 4.78 is 26.7. The van der Waals surface area contributed by atoms with Gasteiger partial charge in [0.25, 0.3) is 0 Å². The third kappa shape index (κ3) is 8.38. The first-order chi connectivity index (χ1) is 19.5. The molecular weight excluding hydrogens is 605 g/mol. The molecule has 41 heavy (non-hydrogen) atoms. The fraction of sp³-hybridized carbons (Fsp3) is 0.333. The Labute approximate surface area is 256 Å². The molecule has 3 aromatic rings. The summed E-state index contributed by atoms with van der Waals surface area (Å²) in [6, 6.07) is 19.7. The van der Waals surface area contributed by atoms with Crippen LogP contribution in [0.3, 0.4) is 0 Å². The Hall–Kier alpha value is -2.78. The molecule has 0 heterocycles. The lowest BCUT2D eigenvalue weighted by Gasteiger charge is -2.34. The van der Waals surface area contributed by atoms with Gasteiger partial charge in [0.1, 0.15) is 12.6 Å². The molecule has 11 heteroatoms. The quantitative estimate of drug-likeness (QED) is 0.275. The van der Waals surface area contributed by atoms with E-state index in [2.05, 4.69) is 5.32 Å². The molecule has 218 valence electrons. The molecule has 0 unspecified atom stereocenters. The number of nitrogens with one attached hydrogen (secondary N) is 1. The molecule has 4 rings (SSSR count). The van der Waals surface area contributed by atoms with Crippen LogP contribution in [0.4, 0.5) is 5.69 Å². The van der Waals surface area contributed by atoms with Crippen molar-refractivity contribution < 1.29 is 18.0 Å². The summed E-state index contributed by atoms with van der Waals surface area (Å²) in [6.45, 7) is -0.649. The third-order valence-corrected chi connectivity index (χ3v) is 9.22. The van der Waals surface area contributed by atoms with Crippen LogP contribution < -0.4 is 9.62 Å². The van der Waals surface area contributed by atoms with Crippen molar-refractivity contribution in [2.45, 2.75) is 50.7 Å². The van der Waals surface area contributed by atoms with E-state index >= 15 is 0 Å². The third-order valence-electron chi connectivity index (χ3n) is 7.14. The van der Waals surface area contributed by atoms with Gasteiger partial charge in [-0.2, -0.15) is 0 Å². The molecule has 0 radical (unpaired) electrons. The van der Waals surface area contributed by atoms with Crippen LogP contribution in [0.2, 0.25) is 15.1 Å². The predicted octanol–water partition coefficient (Wildman–Crippen LogP) is 6.11. The second kappa shape index (κ2) is 13.9. The largest absolute Gasteiger partial charge is 0.352 e. The summed E-state index contributed by atoms with van der Waals surface area (Å²) in [4.78, 5) is 29.4. The van der Waals surface area contributed by atoms with E-state index in [1.807, 2.05) is 30.3 Å². The summed E-state index contributed by atoms with van der Waals surface area (Å²) in [7, 11) is -3.90. The highest BCUT2D eigenvalue weighted by Gasteiger charge is 2.35. The number of rotatable bonds is 11. The first-order valence-corrected chi connectivity index (χ1v) is 16.3. The number of sulfonamides is 1. The lowest BCUT2D eigenvalue weighted by molar-refractivity contribution is -0.140. The van der Waals surface area contributed by atoms with Crippen LogP contribution in [0.15, 0.2) is 72.8 Å². The van der Waals surface area contributed by atoms with Crippen LogP contribution in [0, 0.1) is 0 Å². The molecule has 7 nitrogen and oxygen atoms in total. The minimum Gasteiger partial charge on any atom is -0.352 e. The summed E-state index contributed by atoms with van der Waals surface area (Å²) >= 11 is 19.2. The van der Waals surface area contributed by atoms with Gasteiger partial charge in [0.2, 0.25) is 21.8 Å². The number of carbonyl (C=O) groups is 2. The summed E-state index contributed by atoms with van der Waals surface area (Å²) in [5, 5.41) is 4.11. The standard InChI is InChI=1S/C30H32Cl3N3O4S/c1-41(39,40)36(24-14-7-11-22(31)18-24)20-29(37)35(19-25-26(32)15-8-16-27(25)33)28(17-21-9-3-2-4-10-21)30(38)34-23-12-5-6-13-23/h2-4,7-11,14-16,18,23,28H,5-6,12-13,17,19-20H2,1H3,(H,34,38)/t28-/m1/s1. The molecule has 3 aromatic carbocycles. The Morgan fingerprint density at radius 1 is 0.927 bits per heavy atom. The molecule has 0 spiro atoms. The van der Waals surface area contributed by atoms with E-state index < -0.39 is 28.5 Å². The zero-order valence-corrected chi connectivity index (χ0v) is 25.7. The second-order valence-corrected chi connectivity index (χ2v) is 13.3. The first kappa shape index (κ1) is 31.2. The van der Waals surface area contributed by atoms with Crippen molar-refractivity contribution in [1.29, 1.82) is 0 Å². The highest BCUT2D eigenvalue weighted by atomic mass is 35.5. The lowest BCUT2D eigenvalue weighted by atomic mass is 10.0. The zero-order chi connectivity index (χ0) is 29.6. The van der Waals surface area contributed by atoms with Crippen molar-refractivity contribution in [3.05, 3.63) is 99.0 Å². The average molecular weight is 637 g/mol. The minimum atomic E-state index is -3.90. The zero-order valence-electron chi connectivity index (χ0n) is 22.6. The molecule has 1 aliphatic rings. The highest BCUT2D eigenvalue weighted by Crippen LogP contribution is 2.29. The Balaban J connectivity index is 1.76. The molecule has 1 atom stereocenters. The van der Waals surface area contributed by atoms with Gasteiger partial charge in [-0.15, -0.1) is 0 Å². The van der Waals surface area contributed by atoms with Gasteiger partial charge in [0.05, 0.1) is 11.9 Å².